The van der Waals surface area contributed by atoms with Gasteiger partial charge < -0.3 is 10.2 Å². The average Bonchev–Trinajstić information content (AvgIpc) is 1.90. The molecule has 0 spiro atoms. The van der Waals surface area contributed by atoms with Gasteiger partial charge in [0.2, 0.25) is 0 Å². The minimum atomic E-state index is -0.828. The Labute approximate surface area is 51.7 Å². The minimum Gasteiger partial charge on any atom is -0.419 e. The maximum absolute atomic E-state index is 5.44. The fourth-order valence-electron chi connectivity index (χ4n) is 0.993. The number of nitrogens with two attached hydrogens (primary N) is 1. The lowest BCUT2D eigenvalue weighted by atomic mass is 10.4. The van der Waals surface area contributed by atoms with Crippen LogP contribution in [-0.2, 0) is 4.43 Å². The Morgan fingerprint density at radius 2 is 2.38 bits per heavy atom. The lowest BCUT2D eigenvalue weighted by molar-refractivity contribution is 0.287. The van der Waals surface area contributed by atoms with Crippen molar-refractivity contribution < 1.29 is 4.43 Å². The molecule has 1 rings (SSSR count). The van der Waals surface area contributed by atoms with Gasteiger partial charge in [-0.05, 0) is 12.5 Å². The molecule has 1 unspecified atom stereocenters. The molecule has 8 heavy (non-hydrogen) atoms. The Morgan fingerprint density at radius 3 is 2.75 bits per heavy atom. The van der Waals surface area contributed by atoms with Crippen molar-refractivity contribution in [2.24, 2.45) is 5.73 Å². The molecular weight excluding hydrogens is 118 g/mol. The van der Waals surface area contributed by atoms with Crippen LogP contribution in [0.5, 0.6) is 0 Å². The zero-order valence-electron chi connectivity index (χ0n) is 5.10. The van der Waals surface area contributed by atoms with Gasteiger partial charge in [-0.1, -0.05) is 6.42 Å². The maximum atomic E-state index is 5.44. The van der Waals surface area contributed by atoms with E-state index in [1.165, 1.54) is 18.9 Å². The fourth-order valence-corrected chi connectivity index (χ4v) is 2.78. The van der Waals surface area contributed by atoms with Gasteiger partial charge in [-0.2, -0.15) is 0 Å². The van der Waals surface area contributed by atoms with E-state index >= 15 is 0 Å². The molecule has 1 atom stereocenters. The first kappa shape index (κ1) is 6.26. The van der Waals surface area contributed by atoms with Crippen LogP contribution in [0.4, 0.5) is 0 Å². The van der Waals surface area contributed by atoms with E-state index in [9.17, 15) is 0 Å². The molecule has 3 heteroatoms. The van der Waals surface area contributed by atoms with Crippen LogP contribution >= 0.6 is 0 Å². The van der Waals surface area contributed by atoms with Crippen LogP contribution in [0, 0.1) is 0 Å². The summed E-state index contributed by atoms with van der Waals surface area (Å²) in [5.41, 5.74) is 5.44. The van der Waals surface area contributed by atoms with E-state index in [1.54, 1.807) is 0 Å². The van der Waals surface area contributed by atoms with Crippen LogP contribution in [0.1, 0.15) is 12.8 Å². The Kier molecular flexibility index (Phi) is 2.52. The highest BCUT2D eigenvalue weighted by atomic mass is 28.3. The maximum Gasteiger partial charge on any atom is 0.190 e. The van der Waals surface area contributed by atoms with Crippen molar-refractivity contribution in [3.8, 4) is 0 Å². The largest absolute Gasteiger partial charge is 0.419 e. The summed E-state index contributed by atoms with van der Waals surface area (Å²) in [5, 5.41) is 0. The first-order valence-electron chi connectivity index (χ1n) is 3.25. The molecule has 1 aliphatic heterocycles. The second-order valence-corrected chi connectivity index (χ2v) is 4.85. The van der Waals surface area contributed by atoms with Crippen molar-refractivity contribution in [1.29, 1.82) is 0 Å². The molecule has 2 nitrogen and oxygen atoms in total. The van der Waals surface area contributed by atoms with Crippen LogP contribution in [-0.4, -0.2) is 21.8 Å². The van der Waals surface area contributed by atoms with Crippen molar-refractivity contribution in [3.05, 3.63) is 0 Å². The lowest BCUT2D eigenvalue weighted by Gasteiger charge is -2.18. The topological polar surface area (TPSA) is 35.2 Å². The highest BCUT2D eigenvalue weighted by Crippen LogP contribution is 2.08. The van der Waals surface area contributed by atoms with E-state index in [0.29, 0.717) is 0 Å². The predicted octanol–water partition coefficient (Wildman–Crippen LogP) is 0.0185. The number of rotatable bonds is 1. The SMILES string of the molecule is NC[SiH]1CCCCO1. The number of hydrogen-bond acceptors (Lipinski definition) is 2. The van der Waals surface area contributed by atoms with E-state index in [1.807, 2.05) is 0 Å². The second kappa shape index (κ2) is 3.22. The van der Waals surface area contributed by atoms with Gasteiger partial charge in [0.05, 0.1) is 0 Å². The molecule has 1 fully saturated rings. The van der Waals surface area contributed by atoms with E-state index in [0.717, 1.165) is 12.8 Å². The molecule has 48 valence electrons. The normalized spacial score (nSPS) is 30.4. The van der Waals surface area contributed by atoms with Gasteiger partial charge in [-0.25, -0.2) is 0 Å². The quantitative estimate of drug-likeness (QED) is 0.509. The van der Waals surface area contributed by atoms with Crippen LogP contribution < -0.4 is 5.73 Å². The summed E-state index contributed by atoms with van der Waals surface area (Å²) in [6, 6.07) is 1.30. The highest BCUT2D eigenvalue weighted by molar-refractivity contribution is 6.52. The Morgan fingerprint density at radius 1 is 1.50 bits per heavy atom. The van der Waals surface area contributed by atoms with Gasteiger partial charge in [0.25, 0.3) is 0 Å². The van der Waals surface area contributed by atoms with E-state index in [4.69, 9.17) is 10.2 Å². The third-order valence-corrected chi connectivity index (χ3v) is 3.82. The molecule has 0 bridgehead atoms. The summed E-state index contributed by atoms with van der Waals surface area (Å²) in [5.74, 6) is 0. The van der Waals surface area contributed by atoms with Gasteiger partial charge in [0, 0.05) is 12.8 Å². The summed E-state index contributed by atoms with van der Waals surface area (Å²) in [6.07, 6.45) is 3.44. The molecule has 2 N–H and O–H groups in total. The van der Waals surface area contributed by atoms with Crippen molar-refractivity contribution in [1.82, 2.24) is 0 Å². The third-order valence-electron chi connectivity index (χ3n) is 1.54. The second-order valence-electron chi connectivity index (χ2n) is 2.22. The molecule has 0 aromatic rings. The summed E-state index contributed by atoms with van der Waals surface area (Å²) in [7, 11) is -0.828. The molecule has 0 radical (unpaired) electrons. The van der Waals surface area contributed by atoms with Crippen molar-refractivity contribution in [2.75, 3.05) is 12.8 Å². The van der Waals surface area contributed by atoms with Gasteiger partial charge in [-0.15, -0.1) is 0 Å². The Hall–Kier alpha value is 0.137. The zero-order valence-corrected chi connectivity index (χ0v) is 6.25. The molecule has 1 saturated heterocycles. The molecule has 0 amide bonds. The minimum absolute atomic E-state index is 0.828. The molecular formula is C5H13NOSi. The van der Waals surface area contributed by atoms with Crippen molar-refractivity contribution >= 4 is 9.04 Å². The average molecular weight is 131 g/mol. The van der Waals surface area contributed by atoms with Crippen LogP contribution in [0.2, 0.25) is 6.04 Å². The summed E-state index contributed by atoms with van der Waals surface area (Å²) >= 11 is 0. The molecule has 1 aliphatic rings. The van der Waals surface area contributed by atoms with E-state index < -0.39 is 9.04 Å². The van der Waals surface area contributed by atoms with Crippen LogP contribution in [0.15, 0.2) is 0 Å². The lowest BCUT2D eigenvalue weighted by Crippen LogP contribution is -2.31. The van der Waals surface area contributed by atoms with Gasteiger partial charge >= 0.3 is 0 Å². The standard InChI is InChI=1S/C5H13NOSi/c6-5-8-4-2-1-3-7-8/h8H,1-6H2. The Bertz CT molecular complexity index is 63.4. The highest BCUT2D eigenvalue weighted by Gasteiger charge is 2.12. The van der Waals surface area contributed by atoms with Gasteiger partial charge in [-0.3, -0.25) is 0 Å². The predicted molar refractivity (Wildman–Crippen MR) is 36.2 cm³/mol. The van der Waals surface area contributed by atoms with Crippen molar-refractivity contribution in [3.63, 3.8) is 0 Å². The first-order chi connectivity index (χ1) is 3.93. The van der Waals surface area contributed by atoms with Crippen LogP contribution in [0.25, 0.3) is 0 Å². The van der Waals surface area contributed by atoms with Gasteiger partial charge in [0.1, 0.15) is 0 Å². The number of hydrogen-bond donors (Lipinski definition) is 1. The van der Waals surface area contributed by atoms with Gasteiger partial charge in [0.15, 0.2) is 9.04 Å². The van der Waals surface area contributed by atoms with Crippen molar-refractivity contribution in [2.45, 2.75) is 18.9 Å². The van der Waals surface area contributed by atoms with E-state index in [2.05, 4.69) is 0 Å². The fraction of sp³-hybridized carbons (Fsp3) is 1.00. The smallest absolute Gasteiger partial charge is 0.190 e. The summed E-state index contributed by atoms with van der Waals surface area (Å²) in [6.45, 7) is 0.980. The zero-order chi connectivity index (χ0) is 5.82. The first-order valence-corrected chi connectivity index (χ1v) is 5.35. The Balaban J connectivity index is 2.13. The monoisotopic (exact) mass is 131 g/mol. The summed E-state index contributed by atoms with van der Waals surface area (Å²) < 4.78 is 5.44. The summed E-state index contributed by atoms with van der Waals surface area (Å²) in [4.78, 5) is 0. The van der Waals surface area contributed by atoms with E-state index in [-0.39, 0.29) is 0 Å². The molecule has 0 aliphatic carbocycles. The molecule has 0 aromatic heterocycles. The molecule has 0 saturated carbocycles. The third kappa shape index (κ3) is 1.58. The molecule has 0 aromatic carbocycles. The molecule has 1 heterocycles. The van der Waals surface area contributed by atoms with Crippen LogP contribution in [0.3, 0.4) is 0 Å².